The van der Waals surface area contributed by atoms with Crippen LogP contribution in [0.1, 0.15) is 50.2 Å². The standard InChI is InChI=1S/C24H29ClN2O4S/c1-17(28)26-32(29,30)22-10-11-24-23(14-22)27(15-18-5-4-6-18)12-3-2-7-19-13-21(25)9-8-20(19)16-31-24/h8-11,13-14,18H,2-7,12,15-16H2,1H3,(H,26,28). The molecule has 1 aliphatic carbocycles. The monoisotopic (exact) mass is 476 g/mol. The summed E-state index contributed by atoms with van der Waals surface area (Å²) in [6, 6.07) is 10.7. The first-order valence-corrected chi connectivity index (χ1v) is 13.0. The molecule has 2 aliphatic rings. The highest BCUT2D eigenvalue weighted by atomic mass is 35.5. The minimum absolute atomic E-state index is 0.0655. The highest BCUT2D eigenvalue weighted by Gasteiger charge is 2.25. The van der Waals surface area contributed by atoms with Gasteiger partial charge in [-0.2, -0.15) is 0 Å². The number of sulfonamides is 1. The van der Waals surface area contributed by atoms with Crippen LogP contribution in [0.4, 0.5) is 5.69 Å². The minimum Gasteiger partial charge on any atom is -0.487 e. The maximum Gasteiger partial charge on any atom is 0.264 e. The van der Waals surface area contributed by atoms with E-state index in [4.69, 9.17) is 16.3 Å². The lowest BCUT2D eigenvalue weighted by Gasteiger charge is -2.34. The molecular weight excluding hydrogens is 448 g/mol. The maximum atomic E-state index is 12.6. The number of aryl methyl sites for hydroxylation is 1. The third-order valence-electron chi connectivity index (χ3n) is 6.24. The third-order valence-corrected chi connectivity index (χ3v) is 7.90. The molecular formula is C24H29ClN2O4S. The predicted octanol–water partition coefficient (Wildman–Crippen LogP) is 4.69. The van der Waals surface area contributed by atoms with Crippen molar-refractivity contribution < 1.29 is 17.9 Å². The molecule has 8 heteroatoms. The number of ether oxygens (including phenoxy) is 1. The molecule has 1 amide bonds. The largest absolute Gasteiger partial charge is 0.487 e. The Morgan fingerprint density at radius 3 is 2.66 bits per heavy atom. The van der Waals surface area contributed by atoms with Gasteiger partial charge in [-0.1, -0.05) is 24.1 Å². The summed E-state index contributed by atoms with van der Waals surface area (Å²) in [4.78, 5) is 13.7. The fourth-order valence-corrected chi connectivity index (χ4v) is 5.53. The van der Waals surface area contributed by atoms with Crippen LogP contribution in [0.3, 0.4) is 0 Å². The molecule has 4 rings (SSSR count). The first-order valence-electron chi connectivity index (χ1n) is 11.1. The van der Waals surface area contributed by atoms with Crippen molar-refractivity contribution in [3.63, 3.8) is 0 Å². The van der Waals surface area contributed by atoms with Gasteiger partial charge < -0.3 is 9.64 Å². The van der Waals surface area contributed by atoms with Crippen molar-refractivity contribution in [3.05, 3.63) is 52.5 Å². The number of nitrogens with zero attached hydrogens (tertiary/aromatic N) is 1. The van der Waals surface area contributed by atoms with Crippen molar-refractivity contribution in [2.45, 2.75) is 57.0 Å². The Hall–Kier alpha value is -2.25. The van der Waals surface area contributed by atoms with Crippen molar-refractivity contribution in [3.8, 4) is 5.75 Å². The van der Waals surface area contributed by atoms with E-state index in [9.17, 15) is 13.2 Å². The Labute approximate surface area is 195 Å². The van der Waals surface area contributed by atoms with E-state index in [1.807, 2.05) is 18.2 Å². The summed E-state index contributed by atoms with van der Waals surface area (Å²) in [7, 11) is -3.93. The van der Waals surface area contributed by atoms with E-state index >= 15 is 0 Å². The van der Waals surface area contributed by atoms with Gasteiger partial charge in [-0.15, -0.1) is 0 Å². The average molecular weight is 477 g/mol. The molecule has 0 unspecified atom stereocenters. The number of hydrogen-bond donors (Lipinski definition) is 1. The molecule has 6 nitrogen and oxygen atoms in total. The van der Waals surface area contributed by atoms with Crippen LogP contribution in [0.25, 0.3) is 0 Å². The molecule has 2 aromatic rings. The number of carbonyl (C=O) groups is 1. The van der Waals surface area contributed by atoms with E-state index in [1.54, 1.807) is 12.1 Å². The van der Waals surface area contributed by atoms with Crippen LogP contribution >= 0.6 is 11.6 Å². The van der Waals surface area contributed by atoms with E-state index < -0.39 is 15.9 Å². The number of rotatable bonds is 4. The number of amides is 1. The van der Waals surface area contributed by atoms with E-state index in [2.05, 4.69) is 9.62 Å². The number of carbonyl (C=O) groups excluding carboxylic acids is 1. The Bertz CT molecular complexity index is 1100. The predicted molar refractivity (Wildman–Crippen MR) is 126 cm³/mol. The van der Waals surface area contributed by atoms with E-state index in [0.29, 0.717) is 18.3 Å². The maximum absolute atomic E-state index is 12.6. The van der Waals surface area contributed by atoms with Crippen LogP contribution < -0.4 is 14.4 Å². The summed E-state index contributed by atoms with van der Waals surface area (Å²) < 4.78 is 33.6. The van der Waals surface area contributed by atoms with Gasteiger partial charge in [0.2, 0.25) is 5.91 Å². The molecule has 0 spiro atoms. The lowest BCUT2D eigenvalue weighted by Crippen LogP contribution is -2.34. The number of anilines is 1. The second-order valence-electron chi connectivity index (χ2n) is 8.69. The van der Waals surface area contributed by atoms with Crippen molar-refractivity contribution in [1.29, 1.82) is 0 Å². The molecule has 1 fully saturated rings. The molecule has 1 N–H and O–H groups in total. The van der Waals surface area contributed by atoms with Crippen molar-refractivity contribution in [2.75, 3.05) is 18.0 Å². The summed E-state index contributed by atoms with van der Waals surface area (Å²) in [6.07, 6.45) is 6.54. The Morgan fingerprint density at radius 2 is 1.94 bits per heavy atom. The molecule has 2 aromatic carbocycles. The highest BCUT2D eigenvalue weighted by Crippen LogP contribution is 2.36. The molecule has 172 valence electrons. The summed E-state index contributed by atoms with van der Waals surface area (Å²) in [5, 5.41) is 0.721. The lowest BCUT2D eigenvalue weighted by molar-refractivity contribution is -0.117. The van der Waals surface area contributed by atoms with Gasteiger partial charge in [0, 0.05) is 25.0 Å². The van der Waals surface area contributed by atoms with Crippen molar-refractivity contribution >= 4 is 33.2 Å². The summed E-state index contributed by atoms with van der Waals surface area (Å²) in [6.45, 7) is 3.26. The average Bonchev–Trinajstić information content (AvgIpc) is 2.73. The summed E-state index contributed by atoms with van der Waals surface area (Å²) in [5.41, 5.74) is 3.04. The second kappa shape index (κ2) is 9.71. The topological polar surface area (TPSA) is 75.7 Å². The molecule has 0 saturated heterocycles. The van der Waals surface area contributed by atoms with Gasteiger partial charge in [-0.05, 0) is 79.5 Å². The zero-order valence-corrected chi connectivity index (χ0v) is 19.8. The molecule has 0 radical (unpaired) electrons. The van der Waals surface area contributed by atoms with Crippen LogP contribution in [0.2, 0.25) is 5.02 Å². The Balaban J connectivity index is 1.71. The molecule has 1 heterocycles. The fourth-order valence-electron chi connectivity index (χ4n) is 4.32. The van der Waals surface area contributed by atoms with Gasteiger partial charge in [0.1, 0.15) is 12.4 Å². The number of nitrogens with one attached hydrogen (secondary N) is 1. The first kappa shape index (κ1) is 22.9. The lowest BCUT2D eigenvalue weighted by atomic mass is 9.85. The normalized spacial score (nSPS) is 17.2. The smallest absolute Gasteiger partial charge is 0.264 e. The molecule has 1 aliphatic heterocycles. The first-order chi connectivity index (χ1) is 15.3. The number of benzene rings is 2. The molecule has 0 atom stereocenters. The van der Waals surface area contributed by atoms with Gasteiger partial charge in [-0.25, -0.2) is 13.1 Å². The van der Waals surface area contributed by atoms with Gasteiger partial charge >= 0.3 is 0 Å². The molecule has 0 bridgehead atoms. The summed E-state index contributed by atoms with van der Waals surface area (Å²) in [5.74, 6) is 0.646. The number of hydrogen-bond acceptors (Lipinski definition) is 5. The Morgan fingerprint density at radius 1 is 1.12 bits per heavy atom. The second-order valence-corrected chi connectivity index (χ2v) is 10.8. The number of halogens is 1. The SMILES string of the molecule is CC(=O)NS(=O)(=O)c1ccc2c(c1)N(CC1CCC1)CCCCc1cc(Cl)ccc1CO2. The third kappa shape index (κ3) is 5.38. The fraction of sp³-hybridized carbons (Fsp3) is 0.458. The highest BCUT2D eigenvalue weighted by molar-refractivity contribution is 7.90. The summed E-state index contributed by atoms with van der Waals surface area (Å²) >= 11 is 6.22. The van der Waals surface area contributed by atoms with E-state index in [-0.39, 0.29) is 4.90 Å². The minimum atomic E-state index is -3.93. The van der Waals surface area contributed by atoms with Crippen molar-refractivity contribution in [1.82, 2.24) is 4.72 Å². The van der Waals surface area contributed by atoms with Gasteiger partial charge in [0.15, 0.2) is 0 Å². The van der Waals surface area contributed by atoms with Gasteiger partial charge in [0.05, 0.1) is 10.6 Å². The van der Waals surface area contributed by atoms with Crippen LogP contribution in [0.15, 0.2) is 41.3 Å². The van der Waals surface area contributed by atoms with Crippen LogP contribution in [-0.4, -0.2) is 27.4 Å². The van der Waals surface area contributed by atoms with Crippen LogP contribution in [-0.2, 0) is 27.8 Å². The van der Waals surface area contributed by atoms with Crippen molar-refractivity contribution in [2.24, 2.45) is 5.92 Å². The van der Waals surface area contributed by atoms with Crippen LogP contribution in [0.5, 0.6) is 5.75 Å². The zero-order valence-electron chi connectivity index (χ0n) is 18.3. The van der Waals surface area contributed by atoms with Gasteiger partial charge in [-0.3, -0.25) is 4.79 Å². The molecule has 1 saturated carbocycles. The van der Waals surface area contributed by atoms with E-state index in [1.165, 1.54) is 37.8 Å². The molecule has 0 aromatic heterocycles. The van der Waals surface area contributed by atoms with Crippen LogP contribution in [0, 0.1) is 5.92 Å². The molecule has 32 heavy (non-hydrogen) atoms. The number of fused-ring (bicyclic) bond motifs is 2. The Kier molecular flexibility index (Phi) is 6.96. The zero-order chi connectivity index (χ0) is 22.7. The van der Waals surface area contributed by atoms with E-state index in [0.717, 1.165) is 48.6 Å². The quantitative estimate of drug-likeness (QED) is 0.693. The van der Waals surface area contributed by atoms with Gasteiger partial charge in [0.25, 0.3) is 10.0 Å².